The van der Waals surface area contributed by atoms with Crippen LogP contribution in [-0.2, 0) is 16.0 Å². The van der Waals surface area contributed by atoms with Crippen LogP contribution >= 0.6 is 0 Å². The number of alkyl halides is 3. The number of amides is 1. The Hall–Kier alpha value is -3.28. The molecule has 2 aromatic rings. The topological polar surface area (TPSA) is 128 Å². The van der Waals surface area contributed by atoms with Crippen LogP contribution < -0.4 is 10.9 Å². The molecule has 0 spiro atoms. The maximum absolute atomic E-state index is 12.7. The Kier molecular flexibility index (Phi) is 9.30. The average Bonchev–Trinajstić information content (AvgIpc) is 2.76. The first-order valence-electron chi connectivity index (χ1n) is 10.7. The van der Waals surface area contributed by atoms with Gasteiger partial charge in [0.15, 0.2) is 0 Å². The van der Waals surface area contributed by atoms with Crippen LogP contribution in [0.4, 0.5) is 13.2 Å². The zero-order chi connectivity index (χ0) is 25.5. The SMILES string of the molecule is Cc1nc(-c2ccncc2)[nH]c(=O)c1CC(=O)N1CCC(NC(C)C)CC1.O=C(O)C(F)(F)F. The fourth-order valence-corrected chi connectivity index (χ4v) is 3.50. The summed E-state index contributed by atoms with van der Waals surface area (Å²) in [4.78, 5) is 47.2. The van der Waals surface area contributed by atoms with Gasteiger partial charge < -0.3 is 20.3 Å². The number of aromatic nitrogens is 3. The Morgan fingerprint density at radius 2 is 1.79 bits per heavy atom. The number of carboxylic acids is 1. The summed E-state index contributed by atoms with van der Waals surface area (Å²) in [6, 6.07) is 4.49. The van der Waals surface area contributed by atoms with Crippen molar-refractivity contribution in [3.63, 3.8) is 0 Å². The summed E-state index contributed by atoms with van der Waals surface area (Å²) in [7, 11) is 0. The second-order valence-corrected chi connectivity index (χ2v) is 8.17. The molecular weight excluding hydrogens is 455 g/mol. The lowest BCUT2D eigenvalue weighted by Gasteiger charge is -2.33. The first-order valence-corrected chi connectivity index (χ1v) is 10.7. The molecule has 1 amide bonds. The molecule has 0 radical (unpaired) electrons. The van der Waals surface area contributed by atoms with Crippen LogP contribution in [0.15, 0.2) is 29.3 Å². The zero-order valence-corrected chi connectivity index (χ0v) is 19.1. The van der Waals surface area contributed by atoms with E-state index in [9.17, 15) is 22.8 Å². The van der Waals surface area contributed by atoms with Gasteiger partial charge in [0.1, 0.15) is 5.82 Å². The van der Waals surface area contributed by atoms with Crippen molar-refractivity contribution in [2.24, 2.45) is 0 Å². The van der Waals surface area contributed by atoms with Gasteiger partial charge in [-0.1, -0.05) is 13.8 Å². The van der Waals surface area contributed by atoms with Crippen molar-refractivity contribution in [3.8, 4) is 11.4 Å². The van der Waals surface area contributed by atoms with E-state index < -0.39 is 12.1 Å². The number of halogens is 3. The van der Waals surface area contributed by atoms with Crippen molar-refractivity contribution >= 4 is 11.9 Å². The van der Waals surface area contributed by atoms with Gasteiger partial charge in [-0.25, -0.2) is 9.78 Å². The number of aliphatic carboxylic acids is 1. The Labute approximate surface area is 194 Å². The van der Waals surface area contributed by atoms with Crippen molar-refractivity contribution in [2.45, 2.75) is 58.3 Å². The number of pyridine rings is 1. The first-order chi connectivity index (χ1) is 15.9. The predicted molar refractivity (Wildman–Crippen MR) is 118 cm³/mol. The lowest BCUT2D eigenvalue weighted by Crippen LogP contribution is -2.47. The molecule has 9 nitrogen and oxygen atoms in total. The number of carbonyl (C=O) groups is 2. The lowest BCUT2D eigenvalue weighted by molar-refractivity contribution is -0.192. The van der Waals surface area contributed by atoms with E-state index in [0.717, 1.165) is 31.5 Å². The highest BCUT2D eigenvalue weighted by Crippen LogP contribution is 2.16. The van der Waals surface area contributed by atoms with Crippen LogP contribution in [0, 0.1) is 6.92 Å². The third kappa shape index (κ3) is 7.94. The van der Waals surface area contributed by atoms with Gasteiger partial charge in [-0.05, 0) is 31.9 Å². The highest BCUT2D eigenvalue weighted by molar-refractivity contribution is 5.79. The van der Waals surface area contributed by atoms with Crippen molar-refractivity contribution in [2.75, 3.05) is 13.1 Å². The highest BCUT2D eigenvalue weighted by atomic mass is 19.4. The van der Waals surface area contributed by atoms with Crippen LogP contribution in [0.2, 0.25) is 0 Å². The molecule has 34 heavy (non-hydrogen) atoms. The van der Waals surface area contributed by atoms with E-state index in [1.807, 2.05) is 4.90 Å². The van der Waals surface area contributed by atoms with Gasteiger partial charge in [-0.15, -0.1) is 0 Å². The number of carboxylic acid groups (broad SMARTS) is 1. The number of nitrogens with one attached hydrogen (secondary N) is 2. The van der Waals surface area contributed by atoms with Crippen molar-refractivity contribution in [1.29, 1.82) is 0 Å². The summed E-state index contributed by atoms with van der Waals surface area (Å²) in [6.45, 7) is 7.50. The monoisotopic (exact) mass is 483 g/mol. The first kappa shape index (κ1) is 27.0. The number of aryl methyl sites for hydroxylation is 1. The van der Waals surface area contributed by atoms with E-state index in [4.69, 9.17) is 9.90 Å². The molecule has 2 aromatic heterocycles. The molecule has 0 bridgehead atoms. The summed E-state index contributed by atoms with van der Waals surface area (Å²) in [5.74, 6) is -2.27. The van der Waals surface area contributed by atoms with E-state index in [-0.39, 0.29) is 17.9 Å². The van der Waals surface area contributed by atoms with Gasteiger partial charge in [0, 0.05) is 54.4 Å². The molecule has 0 unspecified atom stereocenters. The number of nitrogens with zero attached hydrogens (tertiary/aromatic N) is 3. The number of likely N-dealkylation sites (tertiary alicyclic amines) is 1. The van der Waals surface area contributed by atoms with Gasteiger partial charge in [-0.3, -0.25) is 14.6 Å². The molecule has 0 aliphatic carbocycles. The predicted octanol–water partition coefficient (Wildman–Crippen LogP) is 2.31. The van der Waals surface area contributed by atoms with Crippen LogP contribution in [0.3, 0.4) is 0 Å². The highest BCUT2D eigenvalue weighted by Gasteiger charge is 2.38. The van der Waals surface area contributed by atoms with E-state index in [1.165, 1.54) is 0 Å². The number of carbonyl (C=O) groups excluding carboxylic acids is 1. The minimum absolute atomic E-state index is 0.00921. The minimum atomic E-state index is -5.08. The maximum atomic E-state index is 12.7. The molecule has 3 rings (SSSR count). The second-order valence-electron chi connectivity index (χ2n) is 8.17. The quantitative estimate of drug-likeness (QED) is 0.595. The number of hydrogen-bond acceptors (Lipinski definition) is 6. The lowest BCUT2D eigenvalue weighted by atomic mass is 10.0. The van der Waals surface area contributed by atoms with E-state index in [2.05, 4.69) is 34.1 Å². The zero-order valence-electron chi connectivity index (χ0n) is 19.1. The smallest absolute Gasteiger partial charge is 0.475 e. The van der Waals surface area contributed by atoms with Crippen LogP contribution in [-0.4, -0.2) is 68.2 Å². The van der Waals surface area contributed by atoms with Crippen molar-refractivity contribution in [1.82, 2.24) is 25.2 Å². The Morgan fingerprint density at radius 3 is 2.26 bits per heavy atom. The van der Waals surface area contributed by atoms with Gasteiger partial charge in [-0.2, -0.15) is 13.2 Å². The molecular formula is C22H28F3N5O4. The number of rotatable bonds is 5. The summed E-state index contributed by atoms with van der Waals surface area (Å²) in [5, 5.41) is 10.6. The molecule has 3 heterocycles. The Morgan fingerprint density at radius 1 is 1.24 bits per heavy atom. The molecule has 1 fully saturated rings. The van der Waals surface area contributed by atoms with E-state index in [0.29, 0.717) is 29.2 Å². The van der Waals surface area contributed by atoms with Gasteiger partial charge in [0.05, 0.1) is 6.42 Å². The minimum Gasteiger partial charge on any atom is -0.475 e. The summed E-state index contributed by atoms with van der Waals surface area (Å²) >= 11 is 0. The molecule has 1 aliphatic rings. The second kappa shape index (κ2) is 11.7. The average molecular weight is 483 g/mol. The fourth-order valence-electron chi connectivity index (χ4n) is 3.50. The van der Waals surface area contributed by atoms with E-state index in [1.54, 1.807) is 31.5 Å². The van der Waals surface area contributed by atoms with Gasteiger partial charge in [0.2, 0.25) is 5.91 Å². The molecule has 0 saturated carbocycles. The number of H-pyrrole nitrogens is 1. The summed E-state index contributed by atoms with van der Waals surface area (Å²) < 4.78 is 31.7. The largest absolute Gasteiger partial charge is 0.490 e. The number of hydrogen-bond donors (Lipinski definition) is 3. The molecule has 186 valence electrons. The van der Waals surface area contributed by atoms with Crippen LogP contribution in [0.5, 0.6) is 0 Å². The van der Waals surface area contributed by atoms with Gasteiger partial charge >= 0.3 is 12.1 Å². The summed E-state index contributed by atoms with van der Waals surface area (Å²) in [6.07, 6.45) is 0.198. The normalized spacial score (nSPS) is 14.5. The Balaban J connectivity index is 0.000000509. The van der Waals surface area contributed by atoms with Gasteiger partial charge in [0.25, 0.3) is 5.56 Å². The van der Waals surface area contributed by atoms with Crippen molar-refractivity contribution < 1.29 is 27.9 Å². The molecule has 0 aromatic carbocycles. The van der Waals surface area contributed by atoms with E-state index >= 15 is 0 Å². The molecule has 0 atom stereocenters. The number of piperidine rings is 1. The fraction of sp³-hybridized carbons (Fsp3) is 0.500. The van der Waals surface area contributed by atoms with Crippen molar-refractivity contribution in [3.05, 3.63) is 46.1 Å². The number of aromatic amines is 1. The molecule has 1 saturated heterocycles. The third-order valence-electron chi connectivity index (χ3n) is 5.16. The molecule has 1 aliphatic heterocycles. The van der Waals surface area contributed by atoms with Crippen LogP contribution in [0.25, 0.3) is 11.4 Å². The van der Waals surface area contributed by atoms with Crippen LogP contribution in [0.1, 0.15) is 37.9 Å². The maximum Gasteiger partial charge on any atom is 0.490 e. The Bertz CT molecular complexity index is 1030. The summed E-state index contributed by atoms with van der Waals surface area (Å²) in [5.41, 5.74) is 1.58. The molecule has 12 heteroatoms. The third-order valence-corrected chi connectivity index (χ3v) is 5.16. The molecule has 3 N–H and O–H groups in total. The standard InChI is InChI=1S/C20H27N5O2.C2HF3O2/c1-13(2)22-16-6-10-25(11-7-16)18(26)12-17-14(3)23-19(24-20(17)27)15-4-8-21-9-5-15;3-2(4,5)1(6)7/h4-5,8-9,13,16,22H,6-7,10-12H2,1-3H3,(H,23,24,27);(H,6,7).